The molecule has 1 aromatic carbocycles. The lowest BCUT2D eigenvalue weighted by atomic mass is 10.1. The minimum Gasteiger partial charge on any atom is -0.329 e. The van der Waals surface area contributed by atoms with Gasteiger partial charge in [-0.3, -0.25) is 0 Å². The molecule has 0 radical (unpaired) electrons. The molecule has 96 valence electrons. The molecule has 1 unspecified atom stereocenters. The van der Waals surface area contributed by atoms with Crippen molar-refractivity contribution in [2.24, 2.45) is 5.73 Å². The number of nitrogens with two attached hydrogens (primary N) is 1. The van der Waals surface area contributed by atoms with Crippen LogP contribution >= 0.6 is 38.9 Å². The van der Waals surface area contributed by atoms with Crippen molar-refractivity contribution in [3.63, 3.8) is 0 Å². The van der Waals surface area contributed by atoms with Gasteiger partial charge < -0.3 is 11.1 Å². The van der Waals surface area contributed by atoms with Crippen LogP contribution in [0.5, 0.6) is 0 Å². The highest BCUT2D eigenvalue weighted by Gasteiger charge is 2.13. The summed E-state index contributed by atoms with van der Waals surface area (Å²) in [6, 6.07) is 10.1. The zero-order valence-electron chi connectivity index (χ0n) is 9.70. The van der Waals surface area contributed by atoms with Gasteiger partial charge in [-0.05, 0) is 29.1 Å². The van der Waals surface area contributed by atoms with Crippen molar-refractivity contribution in [3.8, 4) is 0 Å². The van der Waals surface area contributed by atoms with Gasteiger partial charge in [0.1, 0.15) is 0 Å². The first-order valence-corrected chi connectivity index (χ1v) is 7.66. The summed E-state index contributed by atoms with van der Waals surface area (Å²) in [4.78, 5) is 1.29. The van der Waals surface area contributed by atoms with E-state index in [-0.39, 0.29) is 6.04 Å². The minimum atomic E-state index is 0.0766. The average molecular weight is 346 g/mol. The lowest BCUT2D eigenvalue weighted by Crippen LogP contribution is -2.27. The van der Waals surface area contributed by atoms with Crippen molar-refractivity contribution in [1.29, 1.82) is 0 Å². The maximum absolute atomic E-state index is 6.24. The van der Waals surface area contributed by atoms with Crippen LogP contribution in [0.3, 0.4) is 0 Å². The van der Waals surface area contributed by atoms with Crippen molar-refractivity contribution in [3.05, 3.63) is 55.6 Å². The van der Waals surface area contributed by atoms with Crippen LogP contribution in [-0.4, -0.2) is 6.54 Å². The maximum Gasteiger partial charge on any atom is 0.0465 e. The maximum atomic E-state index is 6.24. The molecule has 0 aliphatic carbocycles. The fourth-order valence-corrected chi connectivity index (χ4v) is 3.20. The van der Waals surface area contributed by atoms with Gasteiger partial charge in [0, 0.05) is 33.5 Å². The van der Waals surface area contributed by atoms with Gasteiger partial charge in [0.2, 0.25) is 0 Å². The summed E-state index contributed by atoms with van der Waals surface area (Å²) in [6.45, 7) is 1.33. The fourth-order valence-electron chi connectivity index (χ4n) is 1.74. The Labute approximate surface area is 124 Å². The van der Waals surface area contributed by atoms with E-state index in [2.05, 4.69) is 32.7 Å². The molecule has 0 fully saturated rings. The molecular weight excluding hydrogens is 332 g/mol. The molecule has 3 N–H and O–H groups in total. The predicted molar refractivity (Wildman–Crippen MR) is 82.1 cm³/mol. The molecule has 0 aliphatic rings. The first kappa shape index (κ1) is 14.0. The summed E-state index contributed by atoms with van der Waals surface area (Å²) >= 11 is 11.4. The molecule has 2 nitrogen and oxygen atoms in total. The van der Waals surface area contributed by atoms with E-state index in [1.807, 2.05) is 24.3 Å². The van der Waals surface area contributed by atoms with Crippen LogP contribution in [-0.2, 0) is 6.54 Å². The van der Waals surface area contributed by atoms with Gasteiger partial charge in [-0.25, -0.2) is 0 Å². The topological polar surface area (TPSA) is 38.0 Å². The first-order chi connectivity index (χ1) is 8.70. The normalized spacial score (nSPS) is 12.6. The monoisotopic (exact) mass is 344 g/mol. The van der Waals surface area contributed by atoms with Gasteiger partial charge in [-0.1, -0.05) is 39.7 Å². The molecule has 0 saturated carbocycles. The minimum absolute atomic E-state index is 0.0766. The second kappa shape index (κ2) is 6.68. The third-order valence-corrected chi connectivity index (χ3v) is 4.37. The number of rotatable bonds is 5. The number of nitrogens with one attached hydrogen (secondary N) is 1. The van der Waals surface area contributed by atoms with Crippen molar-refractivity contribution < 1.29 is 0 Å². The average Bonchev–Trinajstić information content (AvgIpc) is 2.85. The highest BCUT2D eigenvalue weighted by molar-refractivity contribution is 9.10. The fraction of sp³-hybridized carbons (Fsp3) is 0.231. The number of benzene rings is 1. The SMILES string of the molecule is NCC(NCc1cccs1)c1ccc(Br)cc1Cl. The van der Waals surface area contributed by atoms with Gasteiger partial charge in [0.05, 0.1) is 0 Å². The van der Waals surface area contributed by atoms with E-state index in [9.17, 15) is 0 Å². The lowest BCUT2D eigenvalue weighted by Gasteiger charge is -2.18. The molecule has 18 heavy (non-hydrogen) atoms. The van der Waals surface area contributed by atoms with E-state index in [0.29, 0.717) is 6.54 Å². The molecule has 1 aromatic heterocycles. The van der Waals surface area contributed by atoms with Crippen LogP contribution in [0.2, 0.25) is 5.02 Å². The number of hydrogen-bond acceptors (Lipinski definition) is 3. The molecule has 1 atom stereocenters. The Balaban J connectivity index is 2.08. The van der Waals surface area contributed by atoms with Crippen molar-refractivity contribution >= 4 is 38.9 Å². The summed E-state index contributed by atoms with van der Waals surface area (Å²) < 4.78 is 0.977. The number of halogens is 2. The Hall–Kier alpha value is -0.390. The third-order valence-electron chi connectivity index (χ3n) is 2.68. The van der Waals surface area contributed by atoms with E-state index >= 15 is 0 Å². The van der Waals surface area contributed by atoms with Gasteiger partial charge in [-0.15, -0.1) is 11.3 Å². The zero-order valence-corrected chi connectivity index (χ0v) is 12.9. The summed E-state index contributed by atoms with van der Waals surface area (Å²) in [5.74, 6) is 0. The molecule has 0 amide bonds. The summed E-state index contributed by atoms with van der Waals surface area (Å²) in [5.41, 5.74) is 6.86. The molecule has 0 aliphatic heterocycles. The van der Waals surface area contributed by atoms with Crippen LogP contribution in [0, 0.1) is 0 Å². The molecule has 2 aromatic rings. The van der Waals surface area contributed by atoms with E-state index in [1.165, 1.54) is 4.88 Å². The molecule has 1 heterocycles. The van der Waals surface area contributed by atoms with E-state index in [4.69, 9.17) is 17.3 Å². The molecule has 2 rings (SSSR count). The van der Waals surface area contributed by atoms with E-state index < -0.39 is 0 Å². The quantitative estimate of drug-likeness (QED) is 0.861. The molecule has 0 spiro atoms. The Morgan fingerprint density at radius 2 is 2.22 bits per heavy atom. The number of hydrogen-bond donors (Lipinski definition) is 2. The highest BCUT2D eigenvalue weighted by atomic mass is 79.9. The zero-order chi connectivity index (χ0) is 13.0. The van der Waals surface area contributed by atoms with Gasteiger partial charge in [0.25, 0.3) is 0 Å². The van der Waals surface area contributed by atoms with Crippen LogP contribution in [0.25, 0.3) is 0 Å². The lowest BCUT2D eigenvalue weighted by molar-refractivity contribution is 0.545. The third kappa shape index (κ3) is 3.56. The van der Waals surface area contributed by atoms with Gasteiger partial charge >= 0.3 is 0 Å². The molecule has 0 bridgehead atoms. The first-order valence-electron chi connectivity index (χ1n) is 5.61. The number of thiophene rings is 1. The van der Waals surface area contributed by atoms with Crippen LogP contribution in [0.15, 0.2) is 40.2 Å². The Morgan fingerprint density at radius 3 is 2.83 bits per heavy atom. The van der Waals surface area contributed by atoms with Crippen LogP contribution < -0.4 is 11.1 Å². The summed E-state index contributed by atoms with van der Waals surface area (Å²) in [6.07, 6.45) is 0. The Morgan fingerprint density at radius 1 is 1.39 bits per heavy atom. The predicted octanol–water partition coefficient (Wildman–Crippen LogP) is 3.95. The summed E-state index contributed by atoms with van der Waals surface area (Å²) in [5, 5.41) is 6.24. The van der Waals surface area contributed by atoms with Crippen LogP contribution in [0.1, 0.15) is 16.5 Å². The van der Waals surface area contributed by atoms with Crippen LogP contribution in [0.4, 0.5) is 0 Å². The summed E-state index contributed by atoms with van der Waals surface area (Å²) in [7, 11) is 0. The van der Waals surface area contributed by atoms with Gasteiger partial charge in [-0.2, -0.15) is 0 Å². The second-order valence-electron chi connectivity index (χ2n) is 3.91. The van der Waals surface area contributed by atoms with Crippen molar-refractivity contribution in [2.75, 3.05) is 6.54 Å². The second-order valence-corrected chi connectivity index (χ2v) is 6.27. The van der Waals surface area contributed by atoms with Crippen molar-refractivity contribution in [1.82, 2.24) is 5.32 Å². The molecular formula is C13H14BrClN2S. The Kier molecular flexibility index (Phi) is 5.21. The molecule has 5 heteroatoms. The highest BCUT2D eigenvalue weighted by Crippen LogP contribution is 2.26. The van der Waals surface area contributed by atoms with Crippen molar-refractivity contribution in [2.45, 2.75) is 12.6 Å². The Bertz CT molecular complexity index is 502. The standard InChI is InChI=1S/C13H14BrClN2S/c14-9-3-4-11(12(15)6-9)13(7-16)17-8-10-2-1-5-18-10/h1-6,13,17H,7-8,16H2. The smallest absolute Gasteiger partial charge is 0.0465 e. The largest absolute Gasteiger partial charge is 0.329 e. The van der Waals surface area contributed by atoms with E-state index in [1.54, 1.807) is 11.3 Å². The molecule has 0 saturated heterocycles. The van der Waals surface area contributed by atoms with Gasteiger partial charge in [0.15, 0.2) is 0 Å². The van der Waals surface area contributed by atoms with E-state index in [0.717, 1.165) is 21.6 Å².